The maximum atomic E-state index is 12.0. The second-order valence-corrected chi connectivity index (χ2v) is 5.83. The van der Waals surface area contributed by atoms with Crippen LogP contribution in [0.3, 0.4) is 0 Å². The van der Waals surface area contributed by atoms with Gasteiger partial charge in [0.1, 0.15) is 0 Å². The molecule has 3 rings (SSSR count). The molecule has 1 heterocycles. The van der Waals surface area contributed by atoms with Gasteiger partial charge in [0.05, 0.1) is 0 Å². The van der Waals surface area contributed by atoms with Gasteiger partial charge in [-0.3, -0.25) is 9.69 Å². The summed E-state index contributed by atoms with van der Waals surface area (Å²) in [4.78, 5) is 25.3. The van der Waals surface area contributed by atoms with E-state index in [1.54, 1.807) is 4.90 Å². The lowest BCUT2D eigenvalue weighted by molar-refractivity contribution is -0.117. The van der Waals surface area contributed by atoms with Crippen LogP contribution >= 0.6 is 0 Å². The first-order valence-corrected chi connectivity index (χ1v) is 7.67. The standard InChI is InChI=1S/C16H21N3O2/c20-15(11-12-3-1-2-4-12)18-13-5-7-14(8-6-13)19-10-9-17-16(19)21/h5-8,12H,1-4,9-11H2,(H,17,21)(H,18,20). The summed E-state index contributed by atoms with van der Waals surface area (Å²) in [6.07, 6.45) is 5.48. The van der Waals surface area contributed by atoms with E-state index in [1.807, 2.05) is 24.3 Å². The molecule has 0 unspecified atom stereocenters. The zero-order valence-corrected chi connectivity index (χ0v) is 12.1. The molecular formula is C16H21N3O2. The summed E-state index contributed by atoms with van der Waals surface area (Å²) in [5.74, 6) is 0.645. The van der Waals surface area contributed by atoms with Crippen molar-refractivity contribution >= 4 is 23.3 Å². The Morgan fingerprint density at radius 2 is 1.95 bits per heavy atom. The maximum Gasteiger partial charge on any atom is 0.321 e. The van der Waals surface area contributed by atoms with E-state index >= 15 is 0 Å². The average Bonchev–Trinajstić information content (AvgIpc) is 3.11. The van der Waals surface area contributed by atoms with Crippen LogP contribution < -0.4 is 15.5 Å². The molecule has 1 aliphatic heterocycles. The molecule has 2 N–H and O–H groups in total. The molecule has 0 radical (unpaired) electrons. The molecule has 1 aliphatic carbocycles. The summed E-state index contributed by atoms with van der Waals surface area (Å²) in [6, 6.07) is 7.39. The lowest BCUT2D eigenvalue weighted by Crippen LogP contribution is -2.27. The molecule has 0 aromatic heterocycles. The van der Waals surface area contributed by atoms with Crippen LogP contribution in [0.5, 0.6) is 0 Å². The zero-order chi connectivity index (χ0) is 14.7. The normalized spacial score (nSPS) is 18.9. The number of hydrogen-bond acceptors (Lipinski definition) is 2. The maximum absolute atomic E-state index is 12.0. The highest BCUT2D eigenvalue weighted by Gasteiger charge is 2.21. The van der Waals surface area contributed by atoms with Crippen molar-refractivity contribution in [2.45, 2.75) is 32.1 Å². The number of nitrogens with one attached hydrogen (secondary N) is 2. The van der Waals surface area contributed by atoms with Crippen LogP contribution in [0, 0.1) is 5.92 Å². The minimum atomic E-state index is -0.0620. The van der Waals surface area contributed by atoms with Gasteiger partial charge >= 0.3 is 6.03 Å². The van der Waals surface area contributed by atoms with E-state index in [9.17, 15) is 9.59 Å². The summed E-state index contributed by atoms with van der Waals surface area (Å²) in [5, 5.41) is 5.71. The minimum absolute atomic E-state index is 0.0620. The first kappa shape index (κ1) is 13.9. The van der Waals surface area contributed by atoms with Gasteiger partial charge in [-0.25, -0.2) is 4.79 Å². The number of urea groups is 1. The first-order valence-electron chi connectivity index (χ1n) is 7.67. The highest BCUT2D eigenvalue weighted by atomic mass is 16.2. The number of anilines is 2. The number of rotatable bonds is 4. The highest BCUT2D eigenvalue weighted by molar-refractivity contribution is 5.95. The lowest BCUT2D eigenvalue weighted by Gasteiger charge is -2.15. The number of amides is 3. The molecule has 1 aromatic carbocycles. The first-order chi connectivity index (χ1) is 10.2. The molecule has 112 valence electrons. The molecule has 1 saturated carbocycles. The Balaban J connectivity index is 1.56. The molecule has 1 aromatic rings. The van der Waals surface area contributed by atoms with Crippen LogP contribution in [0.2, 0.25) is 0 Å². The number of carbonyl (C=O) groups excluding carboxylic acids is 2. The summed E-state index contributed by atoms with van der Waals surface area (Å²) in [5.41, 5.74) is 1.65. The quantitative estimate of drug-likeness (QED) is 0.894. The van der Waals surface area contributed by atoms with Crippen LogP contribution in [0.25, 0.3) is 0 Å². The molecule has 0 atom stereocenters. The van der Waals surface area contributed by atoms with E-state index in [4.69, 9.17) is 0 Å². The van der Waals surface area contributed by atoms with Gasteiger partial charge in [0.2, 0.25) is 5.91 Å². The van der Waals surface area contributed by atoms with E-state index < -0.39 is 0 Å². The third-order valence-corrected chi connectivity index (χ3v) is 4.27. The van der Waals surface area contributed by atoms with Crippen LogP contribution in [-0.2, 0) is 4.79 Å². The van der Waals surface area contributed by atoms with E-state index in [1.165, 1.54) is 25.7 Å². The van der Waals surface area contributed by atoms with Gasteiger partial charge in [0.25, 0.3) is 0 Å². The van der Waals surface area contributed by atoms with E-state index in [-0.39, 0.29) is 11.9 Å². The van der Waals surface area contributed by atoms with Crippen LogP contribution in [0.1, 0.15) is 32.1 Å². The summed E-state index contributed by atoms with van der Waals surface area (Å²) in [7, 11) is 0. The predicted molar refractivity (Wildman–Crippen MR) is 82.4 cm³/mol. The number of benzene rings is 1. The topological polar surface area (TPSA) is 61.4 Å². The van der Waals surface area contributed by atoms with Crippen molar-refractivity contribution in [1.29, 1.82) is 0 Å². The summed E-state index contributed by atoms with van der Waals surface area (Å²) >= 11 is 0. The van der Waals surface area contributed by atoms with Crippen molar-refractivity contribution in [3.8, 4) is 0 Å². The third kappa shape index (κ3) is 3.35. The molecule has 2 aliphatic rings. The Morgan fingerprint density at radius 3 is 2.57 bits per heavy atom. The molecule has 3 amide bonds. The van der Waals surface area contributed by atoms with Gasteiger partial charge < -0.3 is 10.6 Å². The number of carbonyl (C=O) groups is 2. The monoisotopic (exact) mass is 287 g/mol. The molecule has 0 spiro atoms. The molecule has 0 bridgehead atoms. The van der Waals surface area contributed by atoms with Gasteiger partial charge in [-0.2, -0.15) is 0 Å². The lowest BCUT2D eigenvalue weighted by atomic mass is 10.0. The molecule has 2 fully saturated rings. The fourth-order valence-electron chi connectivity index (χ4n) is 3.13. The van der Waals surface area contributed by atoms with E-state index in [2.05, 4.69) is 10.6 Å². The van der Waals surface area contributed by atoms with Gasteiger partial charge in [-0.1, -0.05) is 12.8 Å². The van der Waals surface area contributed by atoms with Crippen molar-refractivity contribution < 1.29 is 9.59 Å². The Bertz CT molecular complexity index is 521. The highest BCUT2D eigenvalue weighted by Crippen LogP contribution is 2.28. The molecule has 1 saturated heterocycles. The van der Waals surface area contributed by atoms with Gasteiger partial charge in [0.15, 0.2) is 0 Å². The third-order valence-electron chi connectivity index (χ3n) is 4.27. The number of hydrogen-bond donors (Lipinski definition) is 2. The van der Waals surface area contributed by atoms with Crippen molar-refractivity contribution in [1.82, 2.24) is 5.32 Å². The molecular weight excluding hydrogens is 266 g/mol. The van der Waals surface area contributed by atoms with Crippen LogP contribution in [-0.4, -0.2) is 25.0 Å². The average molecular weight is 287 g/mol. The molecule has 5 nitrogen and oxygen atoms in total. The van der Waals surface area contributed by atoms with Crippen molar-refractivity contribution in [2.24, 2.45) is 5.92 Å². The van der Waals surface area contributed by atoms with E-state index in [0.717, 1.165) is 11.4 Å². The van der Waals surface area contributed by atoms with Crippen molar-refractivity contribution in [3.05, 3.63) is 24.3 Å². The van der Waals surface area contributed by atoms with Gasteiger partial charge in [-0.15, -0.1) is 0 Å². The van der Waals surface area contributed by atoms with Crippen molar-refractivity contribution in [3.63, 3.8) is 0 Å². The van der Waals surface area contributed by atoms with Crippen LogP contribution in [0.15, 0.2) is 24.3 Å². The Hall–Kier alpha value is -2.04. The Kier molecular flexibility index (Phi) is 4.08. The second kappa shape index (κ2) is 6.16. The van der Waals surface area contributed by atoms with Gasteiger partial charge in [0, 0.05) is 30.9 Å². The smallest absolute Gasteiger partial charge is 0.321 e. The predicted octanol–water partition coefficient (Wildman–Crippen LogP) is 2.74. The summed E-state index contributed by atoms with van der Waals surface area (Å²) < 4.78 is 0. The Labute approximate surface area is 124 Å². The van der Waals surface area contributed by atoms with Gasteiger partial charge in [-0.05, 0) is 43.0 Å². The molecule has 5 heteroatoms. The fraction of sp³-hybridized carbons (Fsp3) is 0.500. The SMILES string of the molecule is O=C(CC1CCCC1)Nc1ccc(N2CCNC2=O)cc1. The fourth-order valence-corrected chi connectivity index (χ4v) is 3.13. The number of nitrogens with zero attached hydrogens (tertiary/aromatic N) is 1. The molecule has 21 heavy (non-hydrogen) atoms. The van der Waals surface area contributed by atoms with Crippen molar-refractivity contribution in [2.75, 3.05) is 23.3 Å². The largest absolute Gasteiger partial charge is 0.336 e. The second-order valence-electron chi connectivity index (χ2n) is 5.83. The minimum Gasteiger partial charge on any atom is -0.336 e. The Morgan fingerprint density at radius 1 is 1.24 bits per heavy atom. The van der Waals surface area contributed by atoms with Crippen LogP contribution in [0.4, 0.5) is 16.2 Å². The zero-order valence-electron chi connectivity index (χ0n) is 12.1. The summed E-state index contributed by atoms with van der Waals surface area (Å²) in [6.45, 7) is 1.37. The van der Waals surface area contributed by atoms with E-state index in [0.29, 0.717) is 25.4 Å².